The van der Waals surface area contributed by atoms with Gasteiger partial charge in [0.15, 0.2) is 0 Å². The van der Waals surface area contributed by atoms with Crippen LogP contribution in [0.5, 0.6) is 0 Å². The summed E-state index contributed by atoms with van der Waals surface area (Å²) < 4.78 is 28.9. The van der Waals surface area contributed by atoms with Crippen molar-refractivity contribution in [1.29, 1.82) is 0 Å². The second-order valence-corrected chi connectivity index (χ2v) is 11.2. The van der Waals surface area contributed by atoms with Gasteiger partial charge in [0.1, 0.15) is 12.6 Å². The lowest BCUT2D eigenvalue weighted by Crippen LogP contribution is -2.52. The van der Waals surface area contributed by atoms with Gasteiger partial charge in [-0.05, 0) is 69.0 Å². The number of rotatable bonds is 11. The summed E-state index contributed by atoms with van der Waals surface area (Å²) in [4.78, 5) is 28.7. The lowest BCUT2D eigenvalue weighted by atomic mass is 10.1. The van der Waals surface area contributed by atoms with Crippen LogP contribution in [0.3, 0.4) is 0 Å². The highest BCUT2D eigenvalue weighted by atomic mass is 32.2. The van der Waals surface area contributed by atoms with E-state index in [1.807, 2.05) is 71.0 Å². The average molecular weight is 536 g/mol. The third-order valence-electron chi connectivity index (χ3n) is 6.57. The Morgan fingerprint density at radius 3 is 2.13 bits per heavy atom. The summed E-state index contributed by atoms with van der Waals surface area (Å²) >= 11 is 0. The fourth-order valence-corrected chi connectivity index (χ4v) is 6.00. The fraction of sp³-hybridized carbons (Fsp3) is 0.333. The molecule has 8 heteroatoms. The Balaban J connectivity index is 2.10. The summed E-state index contributed by atoms with van der Waals surface area (Å²) in [5.74, 6) is -0.716. The van der Waals surface area contributed by atoms with E-state index < -0.39 is 28.5 Å². The van der Waals surface area contributed by atoms with Crippen molar-refractivity contribution in [2.45, 2.75) is 58.5 Å². The standard InChI is InChI=1S/C30H37N3O4S/c1-6-27(30(35)31-7-2)32(20-25-14-12-11-13-23(25)4)29(34)21-33(28-18-17-22(3)19-24(28)5)38(36,37)26-15-9-8-10-16-26/h8-19,27H,6-7,20-21H2,1-5H3,(H,31,35)/t27-/m1/s1. The molecule has 3 aromatic carbocycles. The lowest BCUT2D eigenvalue weighted by molar-refractivity contribution is -0.140. The van der Waals surface area contributed by atoms with Gasteiger partial charge in [0.2, 0.25) is 11.8 Å². The molecule has 202 valence electrons. The SMILES string of the molecule is CCNC(=O)[C@@H](CC)N(Cc1ccccc1C)C(=O)CN(c1ccc(C)cc1C)S(=O)(=O)c1ccccc1. The third kappa shape index (κ3) is 6.61. The molecule has 0 bridgehead atoms. The fourth-order valence-electron chi connectivity index (χ4n) is 4.50. The molecule has 0 radical (unpaired) electrons. The van der Waals surface area contributed by atoms with Gasteiger partial charge in [-0.3, -0.25) is 13.9 Å². The molecular formula is C30H37N3O4S. The van der Waals surface area contributed by atoms with Gasteiger partial charge in [0.05, 0.1) is 10.6 Å². The van der Waals surface area contributed by atoms with Crippen LogP contribution in [0.25, 0.3) is 0 Å². The summed E-state index contributed by atoms with van der Waals surface area (Å²) in [6.07, 6.45) is 0.387. The van der Waals surface area contributed by atoms with Gasteiger partial charge in [-0.15, -0.1) is 0 Å². The molecule has 0 aliphatic rings. The number of sulfonamides is 1. The summed E-state index contributed by atoms with van der Waals surface area (Å²) in [7, 11) is -4.08. The highest BCUT2D eigenvalue weighted by Gasteiger charge is 2.34. The number of hydrogen-bond donors (Lipinski definition) is 1. The number of anilines is 1. The minimum Gasteiger partial charge on any atom is -0.355 e. The van der Waals surface area contributed by atoms with E-state index in [9.17, 15) is 18.0 Å². The maximum atomic E-state index is 14.0. The van der Waals surface area contributed by atoms with Gasteiger partial charge in [0.25, 0.3) is 10.0 Å². The number of benzene rings is 3. The van der Waals surface area contributed by atoms with E-state index in [2.05, 4.69) is 5.32 Å². The van der Waals surface area contributed by atoms with Crippen molar-refractivity contribution >= 4 is 27.5 Å². The average Bonchev–Trinajstić information content (AvgIpc) is 2.89. The van der Waals surface area contributed by atoms with Gasteiger partial charge < -0.3 is 10.2 Å². The molecule has 0 aromatic heterocycles. The summed E-state index contributed by atoms with van der Waals surface area (Å²) in [6, 6.07) is 20.5. The minimum atomic E-state index is -4.08. The zero-order chi connectivity index (χ0) is 27.9. The zero-order valence-electron chi connectivity index (χ0n) is 22.8. The van der Waals surface area contributed by atoms with Crippen LogP contribution in [0.15, 0.2) is 77.7 Å². The molecule has 2 amide bonds. The lowest BCUT2D eigenvalue weighted by Gasteiger charge is -2.34. The van der Waals surface area contributed by atoms with Crippen LogP contribution in [0.1, 0.15) is 42.5 Å². The molecule has 1 N–H and O–H groups in total. The first-order chi connectivity index (χ1) is 18.1. The van der Waals surface area contributed by atoms with Crippen molar-refractivity contribution in [1.82, 2.24) is 10.2 Å². The number of likely N-dealkylation sites (N-methyl/N-ethyl adjacent to an activating group) is 1. The summed E-state index contributed by atoms with van der Waals surface area (Å²) in [6.45, 7) is 9.56. The molecule has 0 aliphatic carbocycles. The first kappa shape index (κ1) is 28.9. The molecule has 0 aliphatic heterocycles. The molecular weight excluding hydrogens is 498 g/mol. The van der Waals surface area contributed by atoms with Crippen molar-refractivity contribution in [2.24, 2.45) is 0 Å². The van der Waals surface area contributed by atoms with Crippen molar-refractivity contribution in [3.05, 3.63) is 95.1 Å². The van der Waals surface area contributed by atoms with Crippen LogP contribution in [0, 0.1) is 20.8 Å². The van der Waals surface area contributed by atoms with E-state index in [1.54, 1.807) is 24.3 Å². The van der Waals surface area contributed by atoms with Crippen LogP contribution < -0.4 is 9.62 Å². The zero-order valence-corrected chi connectivity index (χ0v) is 23.6. The van der Waals surface area contributed by atoms with E-state index in [0.717, 1.165) is 26.6 Å². The summed E-state index contributed by atoms with van der Waals surface area (Å²) in [5.41, 5.74) is 4.03. The smallest absolute Gasteiger partial charge is 0.264 e. The molecule has 0 fully saturated rings. The molecule has 0 spiro atoms. The molecule has 7 nitrogen and oxygen atoms in total. The normalized spacial score (nSPS) is 12.0. The van der Waals surface area contributed by atoms with E-state index in [0.29, 0.717) is 18.7 Å². The number of nitrogens with one attached hydrogen (secondary N) is 1. The molecule has 38 heavy (non-hydrogen) atoms. The van der Waals surface area contributed by atoms with Crippen molar-refractivity contribution in [2.75, 3.05) is 17.4 Å². The topological polar surface area (TPSA) is 86.8 Å². The minimum absolute atomic E-state index is 0.0917. The van der Waals surface area contributed by atoms with Gasteiger partial charge in [0, 0.05) is 13.1 Å². The van der Waals surface area contributed by atoms with Crippen LogP contribution in [0.2, 0.25) is 0 Å². The predicted octanol–water partition coefficient (Wildman–Crippen LogP) is 4.75. The third-order valence-corrected chi connectivity index (χ3v) is 8.34. The Kier molecular flexibility index (Phi) is 9.69. The highest BCUT2D eigenvalue weighted by Crippen LogP contribution is 2.28. The monoisotopic (exact) mass is 535 g/mol. The number of amides is 2. The maximum Gasteiger partial charge on any atom is 0.264 e. The van der Waals surface area contributed by atoms with Crippen molar-refractivity contribution < 1.29 is 18.0 Å². The molecule has 3 aromatic rings. The van der Waals surface area contributed by atoms with E-state index in [1.165, 1.54) is 17.0 Å². The molecule has 0 saturated heterocycles. The Morgan fingerprint density at radius 1 is 0.868 bits per heavy atom. The largest absolute Gasteiger partial charge is 0.355 e. The maximum absolute atomic E-state index is 14.0. The Hall–Kier alpha value is -3.65. The Bertz CT molecular complexity index is 1370. The van der Waals surface area contributed by atoms with E-state index in [-0.39, 0.29) is 17.3 Å². The molecule has 0 saturated carbocycles. The van der Waals surface area contributed by atoms with E-state index in [4.69, 9.17) is 0 Å². The Labute approximate surface area is 226 Å². The molecule has 0 heterocycles. The molecule has 1 atom stereocenters. The van der Waals surface area contributed by atoms with Gasteiger partial charge in [-0.2, -0.15) is 0 Å². The Morgan fingerprint density at radius 2 is 1.53 bits per heavy atom. The number of carbonyl (C=O) groups excluding carboxylic acids is 2. The second-order valence-electron chi connectivity index (χ2n) is 9.38. The van der Waals surface area contributed by atoms with Crippen LogP contribution in [-0.2, 0) is 26.2 Å². The quantitative estimate of drug-likeness (QED) is 0.384. The number of nitrogens with zero attached hydrogens (tertiary/aromatic N) is 2. The van der Waals surface area contributed by atoms with E-state index >= 15 is 0 Å². The second kappa shape index (κ2) is 12.7. The summed E-state index contributed by atoms with van der Waals surface area (Å²) in [5, 5.41) is 2.82. The molecule has 0 unspecified atom stereocenters. The number of hydrogen-bond acceptors (Lipinski definition) is 4. The highest BCUT2D eigenvalue weighted by molar-refractivity contribution is 7.92. The van der Waals surface area contributed by atoms with Crippen LogP contribution in [0.4, 0.5) is 5.69 Å². The van der Waals surface area contributed by atoms with Crippen LogP contribution in [-0.4, -0.2) is 44.3 Å². The number of aryl methyl sites for hydroxylation is 3. The van der Waals surface area contributed by atoms with Crippen LogP contribution >= 0.6 is 0 Å². The van der Waals surface area contributed by atoms with Crippen molar-refractivity contribution in [3.63, 3.8) is 0 Å². The van der Waals surface area contributed by atoms with Crippen molar-refractivity contribution in [3.8, 4) is 0 Å². The number of carbonyl (C=O) groups is 2. The van der Waals surface area contributed by atoms with Gasteiger partial charge in [-0.1, -0.05) is 67.1 Å². The molecule has 3 rings (SSSR count). The van der Waals surface area contributed by atoms with Gasteiger partial charge >= 0.3 is 0 Å². The predicted molar refractivity (Wildman–Crippen MR) is 151 cm³/mol. The van der Waals surface area contributed by atoms with Gasteiger partial charge in [-0.25, -0.2) is 8.42 Å². The first-order valence-electron chi connectivity index (χ1n) is 12.9. The first-order valence-corrected chi connectivity index (χ1v) is 14.3.